The molecule has 18 heavy (non-hydrogen) atoms. The van der Waals surface area contributed by atoms with Crippen molar-refractivity contribution in [2.45, 2.75) is 26.4 Å². The van der Waals surface area contributed by atoms with Crippen molar-refractivity contribution in [1.82, 2.24) is 5.32 Å². The SMILES string of the molecule is Cc1cccc(C)c1O[C@H](CCO)C1=NCCN1. The normalized spacial score (nSPS) is 16.1. The van der Waals surface area contributed by atoms with Gasteiger partial charge in [-0.15, -0.1) is 0 Å². The summed E-state index contributed by atoms with van der Waals surface area (Å²) < 4.78 is 6.05. The van der Waals surface area contributed by atoms with Crippen LogP contribution in [0.4, 0.5) is 0 Å². The van der Waals surface area contributed by atoms with Gasteiger partial charge in [0, 0.05) is 19.6 Å². The van der Waals surface area contributed by atoms with E-state index in [0.717, 1.165) is 35.8 Å². The Labute approximate surface area is 108 Å². The van der Waals surface area contributed by atoms with E-state index >= 15 is 0 Å². The molecular weight excluding hydrogens is 228 g/mol. The number of benzene rings is 1. The molecule has 0 saturated heterocycles. The molecule has 0 bridgehead atoms. The summed E-state index contributed by atoms with van der Waals surface area (Å²) in [6.07, 6.45) is 0.372. The molecule has 0 radical (unpaired) electrons. The summed E-state index contributed by atoms with van der Waals surface area (Å²) in [6.45, 7) is 5.79. The fraction of sp³-hybridized carbons (Fsp3) is 0.500. The van der Waals surface area contributed by atoms with Gasteiger partial charge < -0.3 is 15.2 Å². The highest BCUT2D eigenvalue weighted by Crippen LogP contribution is 2.24. The van der Waals surface area contributed by atoms with Gasteiger partial charge in [0.1, 0.15) is 11.6 Å². The first kappa shape index (κ1) is 12.9. The Hall–Kier alpha value is -1.55. The molecule has 0 unspecified atom stereocenters. The van der Waals surface area contributed by atoms with Crippen molar-refractivity contribution < 1.29 is 9.84 Å². The van der Waals surface area contributed by atoms with Crippen molar-refractivity contribution in [2.24, 2.45) is 4.99 Å². The fourth-order valence-corrected chi connectivity index (χ4v) is 2.13. The predicted molar refractivity (Wildman–Crippen MR) is 72.3 cm³/mol. The zero-order chi connectivity index (χ0) is 13.0. The van der Waals surface area contributed by atoms with Crippen LogP contribution in [0.25, 0.3) is 0 Å². The van der Waals surface area contributed by atoms with E-state index in [4.69, 9.17) is 9.84 Å². The van der Waals surface area contributed by atoms with Crippen LogP contribution in [0.2, 0.25) is 0 Å². The maximum Gasteiger partial charge on any atom is 0.157 e. The quantitative estimate of drug-likeness (QED) is 0.829. The number of aryl methyl sites for hydroxylation is 2. The number of aliphatic imine (C=N–C) groups is 1. The molecule has 1 aliphatic heterocycles. The highest BCUT2D eigenvalue weighted by atomic mass is 16.5. The molecule has 1 heterocycles. The van der Waals surface area contributed by atoms with Crippen LogP contribution in [0.3, 0.4) is 0 Å². The van der Waals surface area contributed by atoms with Crippen molar-refractivity contribution in [3.05, 3.63) is 29.3 Å². The predicted octanol–water partition coefficient (Wildman–Crippen LogP) is 1.43. The monoisotopic (exact) mass is 248 g/mol. The molecule has 1 aliphatic rings. The Morgan fingerprint density at radius 2 is 2.11 bits per heavy atom. The Balaban J connectivity index is 2.18. The summed E-state index contributed by atoms with van der Waals surface area (Å²) in [4.78, 5) is 4.38. The summed E-state index contributed by atoms with van der Waals surface area (Å²) in [7, 11) is 0. The fourth-order valence-electron chi connectivity index (χ4n) is 2.13. The van der Waals surface area contributed by atoms with Crippen molar-refractivity contribution >= 4 is 5.84 Å². The number of hydrogen-bond donors (Lipinski definition) is 2. The number of amidine groups is 1. The van der Waals surface area contributed by atoms with Crippen molar-refractivity contribution in [2.75, 3.05) is 19.7 Å². The number of aliphatic hydroxyl groups excluding tert-OH is 1. The van der Waals surface area contributed by atoms with Crippen LogP contribution in [-0.2, 0) is 0 Å². The number of hydrogen-bond acceptors (Lipinski definition) is 4. The van der Waals surface area contributed by atoms with E-state index in [-0.39, 0.29) is 12.7 Å². The molecule has 4 nitrogen and oxygen atoms in total. The molecule has 2 N–H and O–H groups in total. The lowest BCUT2D eigenvalue weighted by Gasteiger charge is -2.21. The maximum absolute atomic E-state index is 9.15. The highest BCUT2D eigenvalue weighted by Gasteiger charge is 2.21. The van der Waals surface area contributed by atoms with Gasteiger partial charge in [0.25, 0.3) is 0 Å². The Morgan fingerprint density at radius 3 is 2.67 bits per heavy atom. The first-order chi connectivity index (χ1) is 8.72. The molecule has 0 spiro atoms. The lowest BCUT2D eigenvalue weighted by molar-refractivity contribution is 0.197. The van der Waals surface area contributed by atoms with Gasteiger partial charge in [-0.1, -0.05) is 18.2 Å². The van der Waals surface area contributed by atoms with Gasteiger partial charge in [-0.3, -0.25) is 4.99 Å². The second-order valence-electron chi connectivity index (χ2n) is 4.53. The van der Waals surface area contributed by atoms with Crippen LogP contribution in [0.1, 0.15) is 17.5 Å². The van der Waals surface area contributed by atoms with Gasteiger partial charge in [-0.05, 0) is 25.0 Å². The van der Waals surface area contributed by atoms with Gasteiger partial charge in [-0.25, -0.2) is 0 Å². The standard InChI is InChI=1S/C14H20N2O2/c1-10-4-3-5-11(2)13(10)18-12(6-9-17)14-15-7-8-16-14/h3-5,12,17H,6-9H2,1-2H3,(H,15,16)/t12-/m1/s1. The minimum Gasteiger partial charge on any atom is -0.482 e. The second kappa shape index (κ2) is 5.87. The number of nitrogens with zero attached hydrogens (tertiary/aromatic N) is 1. The van der Waals surface area contributed by atoms with Crippen molar-refractivity contribution in [1.29, 1.82) is 0 Å². The van der Waals surface area contributed by atoms with E-state index in [1.165, 1.54) is 0 Å². The number of ether oxygens (including phenoxy) is 1. The first-order valence-corrected chi connectivity index (χ1v) is 6.34. The van der Waals surface area contributed by atoms with Crippen molar-refractivity contribution in [3.8, 4) is 5.75 Å². The van der Waals surface area contributed by atoms with E-state index in [1.54, 1.807) is 0 Å². The van der Waals surface area contributed by atoms with E-state index in [9.17, 15) is 0 Å². The third kappa shape index (κ3) is 2.82. The average molecular weight is 248 g/mol. The third-order valence-electron chi connectivity index (χ3n) is 3.07. The molecule has 0 amide bonds. The smallest absolute Gasteiger partial charge is 0.157 e. The zero-order valence-corrected chi connectivity index (χ0v) is 10.9. The number of aliphatic hydroxyl groups is 1. The maximum atomic E-state index is 9.15. The molecule has 0 fully saturated rings. The summed E-state index contributed by atoms with van der Waals surface area (Å²) in [5, 5.41) is 12.4. The van der Waals surface area contributed by atoms with Crippen LogP contribution in [0.15, 0.2) is 23.2 Å². The second-order valence-corrected chi connectivity index (χ2v) is 4.53. The summed E-state index contributed by atoms with van der Waals surface area (Å²) in [5.41, 5.74) is 2.22. The van der Waals surface area contributed by atoms with Crippen LogP contribution in [0.5, 0.6) is 5.75 Å². The molecule has 0 saturated carbocycles. The Morgan fingerprint density at radius 1 is 1.39 bits per heavy atom. The molecule has 1 aromatic carbocycles. The lowest BCUT2D eigenvalue weighted by Crippen LogP contribution is -2.36. The largest absolute Gasteiger partial charge is 0.482 e. The molecule has 98 valence electrons. The van der Waals surface area contributed by atoms with Crippen molar-refractivity contribution in [3.63, 3.8) is 0 Å². The molecular formula is C14H20N2O2. The topological polar surface area (TPSA) is 53.9 Å². The van der Waals surface area contributed by atoms with Crippen LogP contribution in [0, 0.1) is 13.8 Å². The molecule has 4 heteroatoms. The summed E-state index contributed by atoms with van der Waals surface area (Å²) >= 11 is 0. The summed E-state index contributed by atoms with van der Waals surface area (Å²) in [6, 6.07) is 6.08. The molecule has 2 rings (SSSR count). The number of rotatable bonds is 5. The number of para-hydroxylation sites is 1. The van der Waals surface area contributed by atoms with Crippen LogP contribution in [-0.4, -0.2) is 36.7 Å². The minimum atomic E-state index is -0.183. The third-order valence-corrected chi connectivity index (χ3v) is 3.07. The molecule has 1 atom stereocenters. The minimum absolute atomic E-state index is 0.0935. The first-order valence-electron chi connectivity index (χ1n) is 6.34. The number of nitrogens with one attached hydrogen (secondary N) is 1. The zero-order valence-electron chi connectivity index (χ0n) is 10.9. The average Bonchev–Trinajstić information content (AvgIpc) is 2.86. The van der Waals surface area contributed by atoms with Crippen LogP contribution < -0.4 is 10.1 Å². The summed E-state index contributed by atoms with van der Waals surface area (Å²) in [5.74, 6) is 1.75. The Bertz CT molecular complexity index is 423. The van der Waals surface area contributed by atoms with E-state index in [0.29, 0.717) is 6.42 Å². The molecule has 1 aromatic rings. The Kier molecular flexibility index (Phi) is 4.20. The van der Waals surface area contributed by atoms with Crippen LogP contribution >= 0.6 is 0 Å². The molecule has 0 aromatic heterocycles. The van der Waals surface area contributed by atoms with E-state index in [1.807, 2.05) is 32.0 Å². The van der Waals surface area contributed by atoms with Gasteiger partial charge in [0.2, 0.25) is 0 Å². The van der Waals surface area contributed by atoms with Gasteiger partial charge >= 0.3 is 0 Å². The molecule has 0 aliphatic carbocycles. The van der Waals surface area contributed by atoms with Gasteiger partial charge in [-0.2, -0.15) is 0 Å². The highest BCUT2D eigenvalue weighted by molar-refractivity contribution is 5.88. The van der Waals surface area contributed by atoms with E-state index in [2.05, 4.69) is 10.3 Å². The van der Waals surface area contributed by atoms with Gasteiger partial charge in [0.05, 0.1) is 6.54 Å². The van der Waals surface area contributed by atoms with E-state index < -0.39 is 0 Å². The van der Waals surface area contributed by atoms with Gasteiger partial charge in [0.15, 0.2) is 6.10 Å². The lowest BCUT2D eigenvalue weighted by atomic mass is 10.1.